The summed E-state index contributed by atoms with van der Waals surface area (Å²) in [6.07, 6.45) is 4.58. The lowest BCUT2D eigenvalue weighted by Crippen LogP contribution is -2.14. The highest BCUT2D eigenvalue weighted by atomic mass is 16.5. The second kappa shape index (κ2) is 3.02. The van der Waals surface area contributed by atoms with Crippen LogP contribution in [0, 0.1) is 0 Å². The number of methoxy groups -OCH3 is 1. The Morgan fingerprint density at radius 1 is 1.60 bits per heavy atom. The summed E-state index contributed by atoms with van der Waals surface area (Å²) in [6, 6.07) is 0. The monoisotopic (exact) mass is 138 g/mol. The van der Waals surface area contributed by atoms with Gasteiger partial charge in [0.15, 0.2) is 0 Å². The van der Waals surface area contributed by atoms with Crippen molar-refractivity contribution in [2.75, 3.05) is 7.11 Å². The molecule has 0 fully saturated rings. The van der Waals surface area contributed by atoms with Crippen molar-refractivity contribution < 1.29 is 4.74 Å². The van der Waals surface area contributed by atoms with Crippen LogP contribution in [0.1, 0.15) is 19.8 Å². The Balaban J connectivity index is 2.60. The third-order valence-corrected chi connectivity index (χ3v) is 1.82. The zero-order valence-electron chi connectivity index (χ0n) is 6.68. The first kappa shape index (κ1) is 7.55. The van der Waals surface area contributed by atoms with E-state index in [1.807, 2.05) is 0 Å². The van der Waals surface area contributed by atoms with Crippen molar-refractivity contribution in [3.8, 4) is 0 Å². The zero-order chi connectivity index (χ0) is 7.56. The van der Waals surface area contributed by atoms with Crippen LogP contribution in [0.4, 0.5) is 0 Å². The molecule has 0 bridgehead atoms. The molecule has 0 aromatic carbocycles. The van der Waals surface area contributed by atoms with E-state index in [0.717, 1.165) is 12.8 Å². The number of hydrogen-bond acceptors (Lipinski definition) is 1. The van der Waals surface area contributed by atoms with Crippen LogP contribution in [-0.2, 0) is 4.74 Å². The zero-order valence-corrected chi connectivity index (χ0v) is 6.68. The van der Waals surface area contributed by atoms with Crippen molar-refractivity contribution in [3.05, 3.63) is 23.8 Å². The van der Waals surface area contributed by atoms with Gasteiger partial charge < -0.3 is 4.74 Å². The van der Waals surface area contributed by atoms with E-state index in [-0.39, 0.29) is 0 Å². The molecule has 1 unspecified atom stereocenters. The lowest BCUT2D eigenvalue weighted by molar-refractivity contribution is 0.101. The lowest BCUT2D eigenvalue weighted by atomic mass is 9.95. The Bertz CT molecular complexity index is 168. The van der Waals surface area contributed by atoms with Gasteiger partial charge in [-0.15, -0.1) is 0 Å². The maximum Gasteiger partial charge on any atom is 0.0648 e. The summed E-state index contributed by atoms with van der Waals surface area (Å²) >= 11 is 0. The van der Waals surface area contributed by atoms with Gasteiger partial charge in [-0.1, -0.05) is 23.8 Å². The molecular formula is C9H14O. The van der Waals surface area contributed by atoms with Crippen molar-refractivity contribution >= 4 is 0 Å². The molecule has 56 valence electrons. The maximum absolute atomic E-state index is 5.23. The van der Waals surface area contributed by atoms with E-state index >= 15 is 0 Å². The van der Waals surface area contributed by atoms with Gasteiger partial charge in [-0.25, -0.2) is 0 Å². The van der Waals surface area contributed by atoms with E-state index in [0.29, 0.717) is 6.10 Å². The van der Waals surface area contributed by atoms with Crippen LogP contribution in [0.3, 0.4) is 0 Å². The van der Waals surface area contributed by atoms with Crippen molar-refractivity contribution in [2.45, 2.75) is 25.9 Å². The van der Waals surface area contributed by atoms with E-state index in [9.17, 15) is 0 Å². The van der Waals surface area contributed by atoms with E-state index in [2.05, 4.69) is 19.6 Å². The minimum absolute atomic E-state index is 0.373. The van der Waals surface area contributed by atoms with Gasteiger partial charge in [-0.3, -0.25) is 0 Å². The first-order valence-corrected chi connectivity index (χ1v) is 3.60. The fourth-order valence-electron chi connectivity index (χ4n) is 1.36. The normalized spacial score (nSPS) is 26.4. The molecule has 0 aromatic heterocycles. The molecule has 1 aliphatic rings. The molecule has 0 saturated carbocycles. The van der Waals surface area contributed by atoms with Crippen molar-refractivity contribution in [3.63, 3.8) is 0 Å². The molecule has 0 N–H and O–H groups in total. The highest BCUT2D eigenvalue weighted by Crippen LogP contribution is 2.22. The maximum atomic E-state index is 5.23. The molecule has 0 heterocycles. The van der Waals surface area contributed by atoms with Gasteiger partial charge in [-0.2, -0.15) is 0 Å². The molecule has 0 saturated heterocycles. The second-order valence-corrected chi connectivity index (χ2v) is 2.91. The average Bonchev–Trinajstić information content (AvgIpc) is 1.85. The topological polar surface area (TPSA) is 9.23 Å². The number of allylic oxidation sites excluding steroid dienone is 1. The standard InChI is InChI=1S/C9H14O/c1-7-4-8(2)6-9(5-7)10-3/h4,9H,1,5-6H2,2-3H3. The highest BCUT2D eigenvalue weighted by molar-refractivity contribution is 5.24. The van der Waals surface area contributed by atoms with Gasteiger partial charge in [0, 0.05) is 7.11 Å². The van der Waals surface area contributed by atoms with Crippen LogP contribution >= 0.6 is 0 Å². The van der Waals surface area contributed by atoms with Gasteiger partial charge >= 0.3 is 0 Å². The van der Waals surface area contributed by atoms with Crippen LogP contribution in [0.15, 0.2) is 23.8 Å². The molecule has 1 aliphatic carbocycles. The molecule has 1 rings (SSSR count). The van der Waals surface area contributed by atoms with Crippen molar-refractivity contribution in [1.82, 2.24) is 0 Å². The van der Waals surface area contributed by atoms with Crippen LogP contribution in [0.2, 0.25) is 0 Å². The minimum Gasteiger partial charge on any atom is -0.381 e. The van der Waals surface area contributed by atoms with Crippen molar-refractivity contribution in [2.24, 2.45) is 0 Å². The first-order valence-electron chi connectivity index (χ1n) is 3.60. The summed E-state index contributed by atoms with van der Waals surface area (Å²) in [5.41, 5.74) is 2.57. The lowest BCUT2D eigenvalue weighted by Gasteiger charge is -2.20. The van der Waals surface area contributed by atoms with Crippen LogP contribution in [-0.4, -0.2) is 13.2 Å². The van der Waals surface area contributed by atoms with Gasteiger partial charge in [-0.05, 0) is 19.8 Å². The fraction of sp³-hybridized carbons (Fsp3) is 0.556. The van der Waals surface area contributed by atoms with Crippen LogP contribution in [0.5, 0.6) is 0 Å². The highest BCUT2D eigenvalue weighted by Gasteiger charge is 2.13. The fourth-order valence-corrected chi connectivity index (χ4v) is 1.36. The average molecular weight is 138 g/mol. The van der Waals surface area contributed by atoms with Gasteiger partial charge in [0.05, 0.1) is 6.10 Å². The Kier molecular flexibility index (Phi) is 2.28. The number of rotatable bonds is 1. The quantitative estimate of drug-likeness (QED) is 0.540. The molecule has 1 nitrogen and oxygen atoms in total. The Labute approximate surface area is 62.4 Å². The predicted octanol–water partition coefficient (Wildman–Crippen LogP) is 2.30. The van der Waals surface area contributed by atoms with Gasteiger partial charge in [0.25, 0.3) is 0 Å². The molecule has 10 heavy (non-hydrogen) atoms. The third kappa shape index (κ3) is 1.71. The molecule has 0 amide bonds. The third-order valence-electron chi connectivity index (χ3n) is 1.82. The van der Waals surface area contributed by atoms with Gasteiger partial charge in [0.1, 0.15) is 0 Å². The number of ether oxygens (including phenoxy) is 1. The molecule has 0 spiro atoms. The Morgan fingerprint density at radius 3 is 2.80 bits per heavy atom. The van der Waals surface area contributed by atoms with E-state index in [4.69, 9.17) is 4.74 Å². The molecule has 0 radical (unpaired) electrons. The second-order valence-electron chi connectivity index (χ2n) is 2.91. The van der Waals surface area contributed by atoms with Crippen LogP contribution in [0.25, 0.3) is 0 Å². The SMILES string of the molecule is C=C1C=C(C)CC(OC)C1. The summed E-state index contributed by atoms with van der Waals surface area (Å²) in [7, 11) is 1.76. The Morgan fingerprint density at radius 2 is 2.30 bits per heavy atom. The minimum atomic E-state index is 0.373. The van der Waals surface area contributed by atoms with Crippen LogP contribution < -0.4 is 0 Å². The molecule has 0 aromatic rings. The molecule has 1 heteroatoms. The smallest absolute Gasteiger partial charge is 0.0648 e. The predicted molar refractivity (Wildman–Crippen MR) is 42.9 cm³/mol. The van der Waals surface area contributed by atoms with E-state index in [1.54, 1.807) is 7.11 Å². The molecular weight excluding hydrogens is 124 g/mol. The summed E-state index contributed by atoms with van der Waals surface area (Å²) in [4.78, 5) is 0. The largest absolute Gasteiger partial charge is 0.381 e. The summed E-state index contributed by atoms with van der Waals surface area (Å²) in [6.45, 7) is 6.03. The van der Waals surface area contributed by atoms with E-state index < -0.39 is 0 Å². The van der Waals surface area contributed by atoms with Crippen molar-refractivity contribution in [1.29, 1.82) is 0 Å². The summed E-state index contributed by atoms with van der Waals surface area (Å²) in [5, 5.41) is 0. The molecule has 0 aliphatic heterocycles. The van der Waals surface area contributed by atoms with E-state index in [1.165, 1.54) is 11.1 Å². The van der Waals surface area contributed by atoms with Gasteiger partial charge in [0.2, 0.25) is 0 Å². The Hall–Kier alpha value is -0.560. The molecule has 1 atom stereocenters. The summed E-state index contributed by atoms with van der Waals surface area (Å²) < 4.78 is 5.23. The summed E-state index contributed by atoms with van der Waals surface area (Å²) in [5.74, 6) is 0. The number of hydrogen-bond donors (Lipinski definition) is 0. The first-order chi connectivity index (χ1) is 4.72.